The predicted octanol–water partition coefficient (Wildman–Crippen LogP) is 3.39. The van der Waals surface area contributed by atoms with Gasteiger partial charge in [-0.1, -0.05) is 15.9 Å². The molecule has 2 aromatic carbocycles. The van der Waals surface area contributed by atoms with E-state index in [4.69, 9.17) is 9.47 Å². The lowest BCUT2D eigenvalue weighted by Crippen LogP contribution is -2.39. The molecule has 1 aliphatic rings. The summed E-state index contributed by atoms with van der Waals surface area (Å²) in [6.45, 7) is 0.391. The number of hydrogen-bond acceptors (Lipinski definition) is 4. The minimum Gasteiger partial charge on any atom is -0.493 e. The van der Waals surface area contributed by atoms with Gasteiger partial charge in [0.05, 0.1) is 20.3 Å². The molecule has 3 amide bonds. The number of halogens is 1. The third kappa shape index (κ3) is 4.51. The Labute approximate surface area is 165 Å². The van der Waals surface area contributed by atoms with Gasteiger partial charge in [0.25, 0.3) is 0 Å². The largest absolute Gasteiger partial charge is 0.493 e. The van der Waals surface area contributed by atoms with Gasteiger partial charge >= 0.3 is 6.03 Å². The number of urea groups is 1. The van der Waals surface area contributed by atoms with Gasteiger partial charge in [-0.15, -0.1) is 0 Å². The molecule has 0 aromatic heterocycles. The minimum absolute atomic E-state index is 0.0591. The van der Waals surface area contributed by atoms with Crippen LogP contribution in [0.15, 0.2) is 46.9 Å². The lowest BCUT2D eigenvalue weighted by Gasteiger charge is -2.19. The number of benzene rings is 2. The van der Waals surface area contributed by atoms with Crippen LogP contribution in [0.5, 0.6) is 11.5 Å². The molecule has 27 heavy (non-hydrogen) atoms. The van der Waals surface area contributed by atoms with Gasteiger partial charge in [0.1, 0.15) is 0 Å². The van der Waals surface area contributed by atoms with E-state index < -0.39 is 0 Å². The predicted molar refractivity (Wildman–Crippen MR) is 107 cm³/mol. The monoisotopic (exact) mass is 433 g/mol. The van der Waals surface area contributed by atoms with Crippen molar-refractivity contribution < 1.29 is 19.1 Å². The van der Waals surface area contributed by atoms with Gasteiger partial charge in [0, 0.05) is 34.9 Å². The van der Waals surface area contributed by atoms with Gasteiger partial charge in [-0.05, 0) is 36.4 Å². The molecule has 1 aliphatic heterocycles. The van der Waals surface area contributed by atoms with E-state index in [0.717, 1.165) is 4.47 Å². The van der Waals surface area contributed by atoms with E-state index in [2.05, 4.69) is 26.6 Å². The molecule has 7 nitrogen and oxygen atoms in total. The van der Waals surface area contributed by atoms with Crippen molar-refractivity contribution >= 4 is 39.2 Å². The Morgan fingerprint density at radius 2 is 1.81 bits per heavy atom. The van der Waals surface area contributed by atoms with Crippen LogP contribution in [-0.2, 0) is 4.79 Å². The molecule has 1 saturated heterocycles. The first-order valence-corrected chi connectivity index (χ1v) is 9.15. The number of methoxy groups -OCH3 is 2. The molecule has 0 bridgehead atoms. The minimum atomic E-state index is -0.343. The Balaban J connectivity index is 1.63. The van der Waals surface area contributed by atoms with Crippen molar-refractivity contribution in [2.45, 2.75) is 12.5 Å². The summed E-state index contributed by atoms with van der Waals surface area (Å²) in [6.07, 6.45) is 0.238. The zero-order chi connectivity index (χ0) is 19.4. The first kappa shape index (κ1) is 19.0. The fourth-order valence-electron chi connectivity index (χ4n) is 2.93. The van der Waals surface area contributed by atoms with E-state index >= 15 is 0 Å². The zero-order valence-corrected chi connectivity index (χ0v) is 16.6. The summed E-state index contributed by atoms with van der Waals surface area (Å²) in [6, 6.07) is 11.9. The normalized spacial score (nSPS) is 16.2. The summed E-state index contributed by atoms with van der Waals surface area (Å²) in [5.74, 6) is 1.08. The Hall–Kier alpha value is -2.74. The summed E-state index contributed by atoms with van der Waals surface area (Å²) in [7, 11) is 3.10. The number of nitrogens with one attached hydrogen (secondary N) is 2. The van der Waals surface area contributed by atoms with E-state index in [-0.39, 0.29) is 24.4 Å². The van der Waals surface area contributed by atoms with Gasteiger partial charge < -0.3 is 25.0 Å². The SMILES string of the molecule is COc1ccc(N2C[C@H](NC(=O)Nc3ccc(Br)cc3)CC2=O)cc1OC. The van der Waals surface area contributed by atoms with Crippen LogP contribution in [0.2, 0.25) is 0 Å². The average Bonchev–Trinajstić information content (AvgIpc) is 3.02. The Bertz CT molecular complexity index is 841. The fourth-order valence-corrected chi connectivity index (χ4v) is 3.20. The molecule has 3 rings (SSSR count). The third-order valence-corrected chi connectivity index (χ3v) is 4.77. The van der Waals surface area contributed by atoms with E-state index in [1.54, 1.807) is 49.5 Å². The number of amides is 3. The molecule has 0 spiro atoms. The highest BCUT2D eigenvalue weighted by atomic mass is 79.9. The number of hydrogen-bond donors (Lipinski definition) is 2. The van der Waals surface area contributed by atoms with Gasteiger partial charge in [-0.2, -0.15) is 0 Å². The molecule has 2 aromatic rings. The highest BCUT2D eigenvalue weighted by molar-refractivity contribution is 9.10. The van der Waals surface area contributed by atoms with Crippen LogP contribution < -0.4 is 25.0 Å². The number of anilines is 2. The molecule has 1 atom stereocenters. The smallest absolute Gasteiger partial charge is 0.319 e. The summed E-state index contributed by atoms with van der Waals surface area (Å²) >= 11 is 3.35. The standard InChI is InChI=1S/C19H20BrN3O4/c1-26-16-8-7-15(10-17(16)27-2)23-11-14(9-18(23)24)22-19(25)21-13-5-3-12(20)4-6-13/h3-8,10,14H,9,11H2,1-2H3,(H2,21,22,25)/t14-/m1/s1. The van der Waals surface area contributed by atoms with Crippen molar-refractivity contribution in [1.82, 2.24) is 5.32 Å². The lowest BCUT2D eigenvalue weighted by atomic mass is 10.2. The Morgan fingerprint density at radius 3 is 2.48 bits per heavy atom. The number of nitrogens with zero attached hydrogens (tertiary/aromatic N) is 1. The van der Waals surface area contributed by atoms with Gasteiger partial charge in [-0.25, -0.2) is 4.79 Å². The van der Waals surface area contributed by atoms with Crippen LogP contribution >= 0.6 is 15.9 Å². The molecular weight excluding hydrogens is 414 g/mol. The number of ether oxygens (including phenoxy) is 2. The molecule has 1 fully saturated rings. The Kier molecular flexibility index (Phi) is 5.85. The summed E-state index contributed by atoms with van der Waals surface area (Å²) in [5, 5.41) is 5.60. The van der Waals surface area contributed by atoms with Crippen molar-refractivity contribution in [3.05, 3.63) is 46.9 Å². The van der Waals surface area contributed by atoms with Crippen molar-refractivity contribution in [3.63, 3.8) is 0 Å². The molecule has 8 heteroatoms. The van der Waals surface area contributed by atoms with Crippen molar-refractivity contribution in [2.75, 3.05) is 31.0 Å². The highest BCUT2D eigenvalue weighted by Gasteiger charge is 2.32. The lowest BCUT2D eigenvalue weighted by molar-refractivity contribution is -0.117. The van der Waals surface area contributed by atoms with Crippen LogP contribution in [0.4, 0.5) is 16.2 Å². The zero-order valence-electron chi connectivity index (χ0n) is 15.0. The first-order chi connectivity index (χ1) is 13.0. The second kappa shape index (κ2) is 8.30. The van der Waals surface area contributed by atoms with Crippen LogP contribution in [0.1, 0.15) is 6.42 Å². The van der Waals surface area contributed by atoms with Crippen LogP contribution in [0.25, 0.3) is 0 Å². The van der Waals surface area contributed by atoms with E-state index in [9.17, 15) is 9.59 Å². The summed E-state index contributed by atoms with van der Waals surface area (Å²) in [4.78, 5) is 26.2. The number of rotatable bonds is 5. The highest BCUT2D eigenvalue weighted by Crippen LogP contribution is 2.33. The van der Waals surface area contributed by atoms with Crippen LogP contribution in [0.3, 0.4) is 0 Å². The van der Waals surface area contributed by atoms with Crippen molar-refractivity contribution in [3.8, 4) is 11.5 Å². The topological polar surface area (TPSA) is 79.9 Å². The van der Waals surface area contributed by atoms with Crippen LogP contribution in [0, 0.1) is 0 Å². The molecule has 142 valence electrons. The van der Waals surface area contributed by atoms with Gasteiger partial charge in [0.2, 0.25) is 5.91 Å². The molecular formula is C19H20BrN3O4. The van der Waals surface area contributed by atoms with E-state index in [1.807, 2.05) is 12.1 Å². The van der Waals surface area contributed by atoms with Crippen molar-refractivity contribution in [2.24, 2.45) is 0 Å². The van der Waals surface area contributed by atoms with Gasteiger partial charge in [-0.3, -0.25) is 4.79 Å². The second-order valence-electron chi connectivity index (χ2n) is 6.05. The van der Waals surface area contributed by atoms with E-state index in [0.29, 0.717) is 29.4 Å². The first-order valence-electron chi connectivity index (χ1n) is 8.35. The second-order valence-corrected chi connectivity index (χ2v) is 6.97. The molecule has 2 N–H and O–H groups in total. The van der Waals surface area contributed by atoms with Gasteiger partial charge in [0.15, 0.2) is 11.5 Å². The number of carbonyl (C=O) groups excluding carboxylic acids is 2. The summed E-state index contributed by atoms with van der Waals surface area (Å²) < 4.78 is 11.4. The van der Waals surface area contributed by atoms with E-state index in [1.165, 1.54) is 0 Å². The third-order valence-electron chi connectivity index (χ3n) is 4.24. The molecule has 1 heterocycles. The maximum Gasteiger partial charge on any atom is 0.319 e. The fraction of sp³-hybridized carbons (Fsp3) is 0.263. The molecule has 0 saturated carbocycles. The average molecular weight is 434 g/mol. The van der Waals surface area contributed by atoms with Crippen molar-refractivity contribution in [1.29, 1.82) is 0 Å². The Morgan fingerprint density at radius 1 is 1.11 bits per heavy atom. The molecule has 0 aliphatic carbocycles. The number of carbonyl (C=O) groups is 2. The maximum atomic E-state index is 12.4. The van der Waals surface area contributed by atoms with Crippen LogP contribution in [-0.4, -0.2) is 38.7 Å². The summed E-state index contributed by atoms with van der Waals surface area (Å²) in [5.41, 5.74) is 1.38. The molecule has 0 unspecified atom stereocenters. The maximum absolute atomic E-state index is 12.4. The quantitative estimate of drug-likeness (QED) is 0.756. The molecule has 0 radical (unpaired) electrons.